The van der Waals surface area contributed by atoms with E-state index in [-0.39, 0.29) is 5.56 Å². The molecule has 20 heavy (non-hydrogen) atoms. The van der Waals surface area contributed by atoms with Crippen LogP contribution in [0.1, 0.15) is 22.3 Å². The van der Waals surface area contributed by atoms with Gasteiger partial charge in [0.1, 0.15) is 11.3 Å². The summed E-state index contributed by atoms with van der Waals surface area (Å²) in [5.41, 5.74) is 0.953. The van der Waals surface area contributed by atoms with E-state index in [1.54, 1.807) is 13.2 Å². The van der Waals surface area contributed by atoms with Crippen molar-refractivity contribution in [2.45, 2.75) is 13.3 Å². The maximum atomic E-state index is 11.2. The molecule has 0 amide bonds. The number of benzene rings is 1. The summed E-state index contributed by atoms with van der Waals surface area (Å²) in [6, 6.07) is 3.37. The number of methoxy groups -OCH3 is 1. The van der Waals surface area contributed by atoms with E-state index in [2.05, 4.69) is 15.9 Å². The number of rotatable bonds is 9. The molecular formula is C14H19BrO5. The Hall–Kier alpha value is -1.11. The third-order valence-electron chi connectivity index (χ3n) is 2.58. The predicted octanol–water partition coefficient (Wildman–Crippen LogP) is 2.89. The number of hydrogen-bond donors (Lipinski definition) is 1. The lowest BCUT2D eigenvalue weighted by Crippen LogP contribution is -2.09. The van der Waals surface area contributed by atoms with E-state index in [0.717, 1.165) is 10.0 Å². The smallest absolute Gasteiger partial charge is 0.339 e. The highest BCUT2D eigenvalue weighted by molar-refractivity contribution is 9.10. The number of carbonyl (C=O) groups is 1. The Balaban J connectivity index is 2.49. The number of carboxylic acids is 1. The Bertz CT molecular complexity index is 447. The minimum Gasteiger partial charge on any atom is -0.492 e. The van der Waals surface area contributed by atoms with Crippen molar-refractivity contribution in [2.24, 2.45) is 0 Å². The van der Waals surface area contributed by atoms with Gasteiger partial charge in [-0.15, -0.1) is 0 Å². The zero-order valence-electron chi connectivity index (χ0n) is 11.6. The van der Waals surface area contributed by atoms with Crippen LogP contribution in [0.15, 0.2) is 16.6 Å². The van der Waals surface area contributed by atoms with E-state index >= 15 is 0 Å². The highest BCUT2D eigenvalue weighted by atomic mass is 79.9. The molecule has 5 nitrogen and oxygen atoms in total. The highest BCUT2D eigenvalue weighted by Gasteiger charge is 2.15. The van der Waals surface area contributed by atoms with Gasteiger partial charge in [-0.25, -0.2) is 4.79 Å². The molecule has 0 saturated carbocycles. The van der Waals surface area contributed by atoms with E-state index in [1.807, 2.05) is 13.0 Å². The second kappa shape index (κ2) is 8.94. The van der Waals surface area contributed by atoms with E-state index < -0.39 is 5.97 Å². The molecule has 1 N–H and O–H groups in total. The van der Waals surface area contributed by atoms with Crippen LogP contribution in [0.4, 0.5) is 0 Å². The Kier molecular flexibility index (Phi) is 7.58. The summed E-state index contributed by atoms with van der Waals surface area (Å²) < 4.78 is 16.5. The minimum absolute atomic E-state index is 0.164. The molecular weight excluding hydrogens is 328 g/mol. The fourth-order valence-corrected chi connectivity index (χ4v) is 2.23. The van der Waals surface area contributed by atoms with Crippen LogP contribution in [0.3, 0.4) is 0 Å². The van der Waals surface area contributed by atoms with Gasteiger partial charge in [-0.2, -0.15) is 0 Å². The molecule has 0 saturated heterocycles. The first kappa shape index (κ1) is 16.9. The van der Waals surface area contributed by atoms with Crippen molar-refractivity contribution in [1.29, 1.82) is 0 Å². The zero-order valence-corrected chi connectivity index (χ0v) is 13.2. The second-order valence-corrected chi connectivity index (χ2v) is 5.13. The van der Waals surface area contributed by atoms with Gasteiger partial charge >= 0.3 is 5.97 Å². The third-order valence-corrected chi connectivity index (χ3v) is 3.04. The van der Waals surface area contributed by atoms with Crippen molar-refractivity contribution >= 4 is 21.9 Å². The van der Waals surface area contributed by atoms with Gasteiger partial charge in [0.2, 0.25) is 0 Å². The van der Waals surface area contributed by atoms with Crippen LogP contribution in [0.5, 0.6) is 5.75 Å². The summed E-state index contributed by atoms with van der Waals surface area (Å²) in [5.74, 6) is -0.585. The lowest BCUT2D eigenvalue weighted by Gasteiger charge is -2.12. The molecule has 0 aliphatic carbocycles. The van der Waals surface area contributed by atoms with Crippen LogP contribution >= 0.6 is 15.9 Å². The molecule has 1 rings (SSSR count). The van der Waals surface area contributed by atoms with E-state index in [1.165, 1.54) is 0 Å². The predicted molar refractivity (Wildman–Crippen MR) is 78.6 cm³/mol. The molecule has 6 heteroatoms. The molecule has 0 atom stereocenters. The topological polar surface area (TPSA) is 65.0 Å². The number of ether oxygens (including phenoxy) is 3. The van der Waals surface area contributed by atoms with Crippen molar-refractivity contribution in [1.82, 2.24) is 0 Å². The lowest BCUT2D eigenvalue weighted by atomic mass is 10.1. The first-order valence-electron chi connectivity index (χ1n) is 6.29. The maximum Gasteiger partial charge on any atom is 0.339 e. The number of carboxylic acid groups (broad SMARTS) is 1. The summed E-state index contributed by atoms with van der Waals surface area (Å²) >= 11 is 3.28. The summed E-state index contributed by atoms with van der Waals surface area (Å²) in [4.78, 5) is 11.2. The largest absolute Gasteiger partial charge is 0.492 e. The number of aromatic carboxylic acids is 1. The SMILES string of the molecule is COCCOCCCOc1c(C)cc(Br)cc1C(=O)O. The molecule has 0 unspecified atom stereocenters. The zero-order chi connectivity index (χ0) is 15.0. The molecule has 0 aliphatic rings. The molecule has 0 fully saturated rings. The third kappa shape index (κ3) is 5.48. The van der Waals surface area contributed by atoms with Crippen LogP contribution in [-0.2, 0) is 9.47 Å². The molecule has 0 aromatic heterocycles. The van der Waals surface area contributed by atoms with E-state index in [0.29, 0.717) is 38.6 Å². The van der Waals surface area contributed by atoms with Crippen molar-refractivity contribution in [2.75, 3.05) is 33.5 Å². The fourth-order valence-electron chi connectivity index (χ4n) is 1.66. The average Bonchev–Trinajstić information content (AvgIpc) is 2.39. The highest BCUT2D eigenvalue weighted by Crippen LogP contribution is 2.28. The van der Waals surface area contributed by atoms with Crippen LogP contribution in [0.25, 0.3) is 0 Å². The Labute approximate surface area is 127 Å². The van der Waals surface area contributed by atoms with Crippen LogP contribution in [0, 0.1) is 6.92 Å². The first-order chi connectivity index (χ1) is 9.56. The molecule has 0 heterocycles. The van der Waals surface area contributed by atoms with Crippen molar-refractivity contribution < 1.29 is 24.1 Å². The van der Waals surface area contributed by atoms with Crippen molar-refractivity contribution in [3.05, 3.63) is 27.7 Å². The molecule has 0 aliphatic heterocycles. The maximum absolute atomic E-state index is 11.2. The van der Waals surface area contributed by atoms with Gasteiger partial charge in [-0.05, 0) is 24.6 Å². The molecule has 0 bridgehead atoms. The number of aryl methyl sites for hydroxylation is 1. The van der Waals surface area contributed by atoms with Gasteiger partial charge in [-0.1, -0.05) is 15.9 Å². The number of hydrogen-bond acceptors (Lipinski definition) is 4. The van der Waals surface area contributed by atoms with E-state index in [9.17, 15) is 9.90 Å². The molecule has 1 aromatic rings. The lowest BCUT2D eigenvalue weighted by molar-refractivity contribution is 0.0637. The molecule has 112 valence electrons. The summed E-state index contributed by atoms with van der Waals surface area (Å²) in [6.45, 7) is 3.91. The summed E-state index contributed by atoms with van der Waals surface area (Å²) in [5, 5.41) is 9.17. The summed E-state index contributed by atoms with van der Waals surface area (Å²) in [6.07, 6.45) is 0.693. The van der Waals surface area contributed by atoms with Crippen molar-refractivity contribution in [3.8, 4) is 5.75 Å². The average molecular weight is 347 g/mol. The van der Waals surface area contributed by atoms with Gasteiger partial charge < -0.3 is 19.3 Å². The first-order valence-corrected chi connectivity index (χ1v) is 7.08. The normalized spacial score (nSPS) is 10.6. The Morgan fingerprint density at radius 2 is 2.00 bits per heavy atom. The van der Waals surface area contributed by atoms with Gasteiger partial charge in [0, 0.05) is 24.6 Å². The number of halogens is 1. The van der Waals surface area contributed by atoms with Gasteiger partial charge in [0.25, 0.3) is 0 Å². The molecule has 0 radical (unpaired) electrons. The monoisotopic (exact) mass is 346 g/mol. The van der Waals surface area contributed by atoms with Crippen molar-refractivity contribution in [3.63, 3.8) is 0 Å². The standard InChI is InChI=1S/C14H19BrO5/c1-10-8-11(15)9-12(14(16)17)13(10)20-5-3-4-19-7-6-18-2/h8-9H,3-7H2,1-2H3,(H,16,17). The van der Waals surface area contributed by atoms with Crippen LogP contribution in [0.2, 0.25) is 0 Å². The van der Waals surface area contributed by atoms with Crippen LogP contribution < -0.4 is 4.74 Å². The van der Waals surface area contributed by atoms with Gasteiger partial charge in [-0.3, -0.25) is 0 Å². The van der Waals surface area contributed by atoms with Gasteiger partial charge in [0.15, 0.2) is 0 Å². The Morgan fingerprint density at radius 1 is 1.25 bits per heavy atom. The molecule has 1 aromatic carbocycles. The minimum atomic E-state index is -0.999. The summed E-state index contributed by atoms with van der Waals surface area (Å²) in [7, 11) is 1.62. The second-order valence-electron chi connectivity index (χ2n) is 4.21. The van der Waals surface area contributed by atoms with Gasteiger partial charge in [0.05, 0.1) is 19.8 Å². The molecule has 0 spiro atoms. The fraction of sp³-hybridized carbons (Fsp3) is 0.500. The van der Waals surface area contributed by atoms with Crippen LogP contribution in [-0.4, -0.2) is 44.6 Å². The quantitative estimate of drug-likeness (QED) is 0.696. The Morgan fingerprint density at radius 3 is 2.65 bits per heavy atom. The van der Waals surface area contributed by atoms with E-state index in [4.69, 9.17) is 14.2 Å².